The summed E-state index contributed by atoms with van der Waals surface area (Å²) in [5, 5.41) is -5.16. The molecule has 2 bridgehead atoms. The van der Waals surface area contributed by atoms with Crippen LogP contribution in [0, 0.1) is 11.8 Å². The summed E-state index contributed by atoms with van der Waals surface area (Å²) in [5.74, 6) is -1.32. The van der Waals surface area contributed by atoms with Crippen molar-refractivity contribution in [3.05, 3.63) is 0 Å². The molecule has 5 nitrogen and oxygen atoms in total. The first kappa shape index (κ1) is 16.5. The van der Waals surface area contributed by atoms with Crippen molar-refractivity contribution in [3.63, 3.8) is 0 Å². The van der Waals surface area contributed by atoms with Crippen LogP contribution < -0.4 is 0 Å². The third kappa shape index (κ3) is 3.01. The maximum atomic E-state index is 13.6. The smallest absolute Gasteiger partial charge is 0.436 e. The molecule has 0 aliphatic heterocycles. The van der Waals surface area contributed by atoms with Gasteiger partial charge in [0.1, 0.15) is 22.6 Å². The van der Waals surface area contributed by atoms with Crippen molar-refractivity contribution in [1.82, 2.24) is 0 Å². The molecule has 0 amide bonds. The van der Waals surface area contributed by atoms with Gasteiger partial charge >= 0.3 is 17.1 Å². The zero-order valence-corrected chi connectivity index (χ0v) is 11.5. The van der Waals surface area contributed by atoms with Crippen molar-refractivity contribution in [2.45, 2.75) is 49.4 Å². The Morgan fingerprint density at radius 3 is 2.19 bits per heavy atom. The molecule has 0 spiro atoms. The number of carbonyl (C=O) groups excluding carboxylic acids is 1. The lowest BCUT2D eigenvalue weighted by Crippen LogP contribution is -2.50. The fourth-order valence-corrected chi connectivity index (χ4v) is 3.64. The van der Waals surface area contributed by atoms with Crippen molar-refractivity contribution in [2.24, 2.45) is 11.8 Å². The van der Waals surface area contributed by atoms with Crippen LogP contribution in [0.15, 0.2) is 0 Å². The van der Waals surface area contributed by atoms with Crippen molar-refractivity contribution in [2.75, 3.05) is 0 Å². The number of rotatable bonds is 4. The van der Waals surface area contributed by atoms with Crippen LogP contribution in [-0.4, -0.2) is 36.2 Å². The minimum absolute atomic E-state index is 0.0164. The summed E-state index contributed by atoms with van der Waals surface area (Å²) in [6.45, 7) is 0. The fraction of sp³-hybridized carbons (Fsp3) is 0.909. The Bertz CT molecular complexity index is 531. The highest BCUT2D eigenvalue weighted by atomic mass is 32.2. The van der Waals surface area contributed by atoms with Crippen LogP contribution in [-0.2, 0) is 19.6 Å². The summed E-state index contributed by atoms with van der Waals surface area (Å²) in [6, 6.07) is 0. The summed E-state index contributed by atoms with van der Waals surface area (Å²) >= 11 is 0. The number of fused-ring (bicyclic) bond motifs is 2. The van der Waals surface area contributed by atoms with E-state index in [1.54, 1.807) is 0 Å². The summed E-state index contributed by atoms with van der Waals surface area (Å²) in [4.78, 5) is 11.4. The van der Waals surface area contributed by atoms with E-state index in [1.165, 1.54) is 0 Å². The Kier molecular flexibility index (Phi) is 3.98. The van der Waals surface area contributed by atoms with E-state index >= 15 is 0 Å². The Hall–Kier alpha value is -0.900. The van der Waals surface area contributed by atoms with Crippen molar-refractivity contribution >= 4 is 16.1 Å². The number of hydrogen-bond acceptors (Lipinski definition) is 5. The molecule has 2 rings (SSSR count). The first-order valence-electron chi connectivity index (χ1n) is 6.34. The second-order valence-corrected chi connectivity index (χ2v) is 7.12. The third-order valence-corrected chi connectivity index (χ3v) is 5.32. The van der Waals surface area contributed by atoms with Crippen LogP contribution in [0.1, 0.15) is 32.1 Å². The predicted molar refractivity (Wildman–Crippen MR) is 59.5 cm³/mol. The topological polar surface area (TPSA) is 83.5 Å². The summed E-state index contributed by atoms with van der Waals surface area (Å²) < 4.78 is 87.4. The van der Waals surface area contributed by atoms with E-state index < -0.39 is 39.8 Å². The second kappa shape index (κ2) is 5.08. The zero-order chi connectivity index (χ0) is 16.1. The zero-order valence-electron chi connectivity index (χ0n) is 10.7. The normalized spacial score (nSPS) is 32.0. The van der Waals surface area contributed by atoms with Gasteiger partial charge < -0.3 is 9.29 Å². The number of hydrogen-bond donors (Lipinski definition) is 0. The van der Waals surface area contributed by atoms with Gasteiger partial charge in [-0.15, -0.1) is 0 Å². The van der Waals surface area contributed by atoms with E-state index in [1.807, 2.05) is 0 Å². The van der Waals surface area contributed by atoms with Gasteiger partial charge in [-0.25, -0.2) is 12.8 Å². The van der Waals surface area contributed by atoms with E-state index in [0.717, 1.165) is 19.3 Å². The molecule has 0 heterocycles. The molecule has 4 unspecified atom stereocenters. The minimum atomic E-state index is -6.40. The molecule has 4 atom stereocenters. The van der Waals surface area contributed by atoms with Crippen molar-refractivity contribution in [3.8, 4) is 0 Å². The molecule has 0 aromatic carbocycles. The lowest BCUT2D eigenvalue weighted by Gasteiger charge is -2.30. The quantitative estimate of drug-likeness (QED) is 0.446. The highest BCUT2D eigenvalue weighted by Gasteiger charge is 2.63. The second-order valence-electron chi connectivity index (χ2n) is 5.56. The number of carbonyl (C=O) groups is 1. The van der Waals surface area contributed by atoms with E-state index in [4.69, 9.17) is 4.74 Å². The van der Waals surface area contributed by atoms with Crippen molar-refractivity contribution < 1.29 is 40.1 Å². The summed E-state index contributed by atoms with van der Waals surface area (Å²) in [7, 11) is -6.40. The lowest BCUT2D eigenvalue weighted by atomic mass is 9.98. The molecule has 10 heteroatoms. The molecule has 2 saturated carbocycles. The molecule has 122 valence electrons. The standard InChI is InChI=1S/C11H14F4O5S/c12-10(11(13,14)15,21(17,18)19)5-9(16)20-8-4-6-1-2-7(8)3-6/h6-8H,1-5H2,(H,17,18,19)/p-1. The average Bonchev–Trinajstić information content (AvgIpc) is 2.87. The Labute approximate surface area is 118 Å². The van der Waals surface area contributed by atoms with Crippen LogP contribution in [0.2, 0.25) is 0 Å². The number of halogens is 4. The maximum Gasteiger partial charge on any atom is 0.436 e. The predicted octanol–water partition coefficient (Wildman–Crippen LogP) is 1.88. The van der Waals surface area contributed by atoms with Gasteiger partial charge in [0.05, 0.1) is 0 Å². The molecular weight excluding hydrogens is 320 g/mol. The highest BCUT2D eigenvalue weighted by Crippen LogP contribution is 2.46. The van der Waals surface area contributed by atoms with Crippen LogP contribution in [0.5, 0.6) is 0 Å². The van der Waals surface area contributed by atoms with E-state index in [0.29, 0.717) is 12.3 Å². The molecule has 2 aliphatic carbocycles. The third-order valence-electron chi connectivity index (χ3n) is 4.15. The van der Waals surface area contributed by atoms with Crippen LogP contribution in [0.4, 0.5) is 17.6 Å². The van der Waals surface area contributed by atoms with E-state index in [-0.39, 0.29) is 5.92 Å². The summed E-state index contributed by atoms with van der Waals surface area (Å²) in [6.07, 6.45) is -5.81. The van der Waals surface area contributed by atoms with Gasteiger partial charge in [-0.1, -0.05) is 0 Å². The summed E-state index contributed by atoms with van der Waals surface area (Å²) in [5.41, 5.74) is 0. The molecule has 0 aromatic rings. The van der Waals surface area contributed by atoms with Crippen LogP contribution in [0.25, 0.3) is 0 Å². The SMILES string of the molecule is O=C(CC(F)(C(F)(F)F)S(=O)(=O)[O-])OC1CC2CCC1C2. The van der Waals surface area contributed by atoms with Gasteiger partial charge in [0, 0.05) is 0 Å². The van der Waals surface area contributed by atoms with E-state index in [9.17, 15) is 35.3 Å². The first-order valence-corrected chi connectivity index (χ1v) is 7.75. The van der Waals surface area contributed by atoms with Crippen LogP contribution in [0.3, 0.4) is 0 Å². The average molecular weight is 333 g/mol. The largest absolute Gasteiger partial charge is 0.745 e. The molecule has 2 aliphatic rings. The Morgan fingerprint density at radius 2 is 1.81 bits per heavy atom. The van der Waals surface area contributed by atoms with Crippen LogP contribution >= 0.6 is 0 Å². The van der Waals surface area contributed by atoms with Gasteiger partial charge in [-0.3, -0.25) is 4.79 Å². The van der Waals surface area contributed by atoms with Gasteiger partial charge in [-0.2, -0.15) is 13.2 Å². The number of ether oxygens (including phenoxy) is 1. The molecule has 0 saturated heterocycles. The monoisotopic (exact) mass is 333 g/mol. The van der Waals surface area contributed by atoms with Crippen molar-refractivity contribution in [1.29, 1.82) is 0 Å². The fourth-order valence-electron chi connectivity index (χ4n) is 3.06. The number of alkyl halides is 4. The van der Waals surface area contributed by atoms with Gasteiger partial charge in [0.2, 0.25) is 0 Å². The minimum Gasteiger partial charge on any atom is -0.745 e. The molecule has 0 N–H and O–H groups in total. The van der Waals surface area contributed by atoms with Gasteiger partial charge in [-0.05, 0) is 37.5 Å². The molecular formula is C11H13F4O5S-. The number of esters is 1. The Balaban J connectivity index is 2.06. The first-order chi connectivity index (χ1) is 9.44. The molecule has 21 heavy (non-hydrogen) atoms. The lowest BCUT2D eigenvalue weighted by molar-refractivity contribution is -0.207. The molecule has 0 radical (unpaired) electrons. The highest BCUT2D eigenvalue weighted by molar-refractivity contribution is 7.87. The van der Waals surface area contributed by atoms with Gasteiger partial charge in [0.15, 0.2) is 0 Å². The Morgan fingerprint density at radius 1 is 1.19 bits per heavy atom. The maximum absolute atomic E-state index is 13.6. The van der Waals surface area contributed by atoms with Gasteiger partial charge in [0.25, 0.3) is 0 Å². The van der Waals surface area contributed by atoms with E-state index in [2.05, 4.69) is 0 Å². The molecule has 0 aromatic heterocycles. The molecule has 2 fully saturated rings.